The van der Waals surface area contributed by atoms with Gasteiger partial charge in [-0.15, -0.1) is 0 Å². The first kappa shape index (κ1) is 68.7. The summed E-state index contributed by atoms with van der Waals surface area (Å²) in [5.74, 6) is 0. The number of nitrogens with zero attached hydrogens (tertiary/aromatic N) is 2. The molecule has 0 saturated heterocycles. The number of para-hydroxylation sites is 3. The van der Waals surface area contributed by atoms with Crippen LogP contribution in [0.15, 0.2) is 262 Å². The maximum atomic E-state index is 7.47. The minimum Gasteiger partial charge on any atom is -0.456 e. The van der Waals surface area contributed by atoms with Crippen molar-refractivity contribution in [2.45, 2.75) is 157 Å². The second-order valence-corrected chi connectivity index (χ2v) is 36.9. The number of anilines is 6. The summed E-state index contributed by atoms with van der Waals surface area (Å²) in [6, 6.07) is 94.7. The van der Waals surface area contributed by atoms with Crippen LogP contribution in [0.4, 0.5) is 34.1 Å². The summed E-state index contributed by atoms with van der Waals surface area (Å²) in [6.07, 6.45) is 0. The van der Waals surface area contributed by atoms with E-state index in [0.29, 0.717) is 0 Å². The second kappa shape index (κ2) is 24.2. The SMILES string of the molecule is CC(C)(C)c1cc(-c2ccc3c(c2)N(c2c(-c4ccccc4)cc(C(C)(C)C)c4oc5ccccc5c24)c2cc(-c4cccc5oc6ccccc6c45)cc4c2B3c2ccc(-c3cc(C(C)(C)C)cc(C(C)(C)C)c3)cc2N4c2c(-c3ccccc3)cc(C(C)(C)C)c3oc4ccccc4c23)cc(C(C)(C)C)c1. The fraction of sp³-hybridized carbons (Fsp3) is 0.235. The molecule has 5 heterocycles. The predicted octanol–water partition coefficient (Wildman–Crippen LogP) is 27.6. The van der Waals surface area contributed by atoms with Crippen molar-refractivity contribution in [1.29, 1.82) is 0 Å². The number of fused-ring (bicyclic) bond motifs is 13. The minimum atomic E-state index is -0.326. The Balaban J connectivity index is 1.08. The standard InChI is InChI=1S/C102H95BN2O3/c1-97(2,3)67-48-64(49-68(56-67)98(4,5)6)62-44-46-79-81(52-62)104(93-75(60-32-21-19-22-33-60)58-77(101(13,14)15)95-90(93)73-37-26-29-41-86(73)107-95)83-54-66(71-39-31-43-88-89(71)72-36-25-28-40-85(72)106-88)55-84-92(83)103(79)80-47-45-63(65-50-69(99(7,8)9)57-70(51-65)100(10,11)12)53-82(80)105(84)94-76(61-34-23-20-24-35-61)59-78(102(16,17)18)96-91(94)74-38-27-30-42-87(74)108-96/h19-59H,1-18H3. The average Bonchev–Trinajstić information content (AvgIpc) is 0.970. The smallest absolute Gasteiger partial charge is 0.252 e. The molecular weight excluding hydrogens is 1310 g/mol. The molecule has 16 aromatic rings. The highest BCUT2D eigenvalue weighted by Crippen LogP contribution is 2.58. The number of furan rings is 3. The van der Waals surface area contributed by atoms with Crippen LogP contribution in [0, 0.1) is 0 Å². The van der Waals surface area contributed by atoms with Crippen molar-refractivity contribution in [1.82, 2.24) is 0 Å². The molecule has 0 bridgehead atoms. The quantitative estimate of drug-likeness (QED) is 0.149. The van der Waals surface area contributed by atoms with Gasteiger partial charge in [-0.25, -0.2) is 0 Å². The van der Waals surface area contributed by atoms with Crippen molar-refractivity contribution in [2.24, 2.45) is 0 Å². The van der Waals surface area contributed by atoms with Crippen LogP contribution in [0.3, 0.4) is 0 Å². The fourth-order valence-electron chi connectivity index (χ4n) is 17.3. The lowest BCUT2D eigenvalue weighted by Crippen LogP contribution is -2.61. The summed E-state index contributed by atoms with van der Waals surface area (Å²) in [7, 11) is 0. The van der Waals surface area contributed by atoms with Crippen LogP contribution < -0.4 is 26.2 Å². The minimum absolute atomic E-state index is 0.126. The summed E-state index contributed by atoms with van der Waals surface area (Å²) in [5, 5.41) is 6.39. The zero-order valence-electron chi connectivity index (χ0n) is 65.9. The van der Waals surface area contributed by atoms with Crippen molar-refractivity contribution < 1.29 is 13.3 Å². The molecule has 6 heteroatoms. The lowest BCUT2D eigenvalue weighted by Gasteiger charge is -2.46. The first-order valence-corrected chi connectivity index (χ1v) is 38.7. The van der Waals surface area contributed by atoms with Gasteiger partial charge in [0.15, 0.2) is 0 Å². The molecule has 2 aliphatic heterocycles. The van der Waals surface area contributed by atoms with Crippen LogP contribution in [-0.2, 0) is 32.5 Å². The molecule has 108 heavy (non-hydrogen) atoms. The van der Waals surface area contributed by atoms with Gasteiger partial charge in [0, 0.05) is 66.5 Å². The molecule has 2 aliphatic rings. The van der Waals surface area contributed by atoms with E-state index in [1.807, 2.05) is 0 Å². The van der Waals surface area contributed by atoms with E-state index >= 15 is 0 Å². The average molecular weight is 1410 g/mol. The van der Waals surface area contributed by atoms with Crippen LogP contribution in [0.2, 0.25) is 0 Å². The Morgan fingerprint density at radius 3 is 0.991 bits per heavy atom. The van der Waals surface area contributed by atoms with Gasteiger partial charge >= 0.3 is 0 Å². The van der Waals surface area contributed by atoms with E-state index in [-0.39, 0.29) is 39.2 Å². The Hall–Kier alpha value is -11.1. The van der Waals surface area contributed by atoms with E-state index in [1.54, 1.807) is 0 Å². The molecule has 0 saturated carbocycles. The maximum absolute atomic E-state index is 7.47. The van der Waals surface area contributed by atoms with Gasteiger partial charge in [-0.3, -0.25) is 0 Å². The van der Waals surface area contributed by atoms with Crippen LogP contribution in [0.5, 0.6) is 0 Å². The third-order valence-corrected chi connectivity index (χ3v) is 23.3. The Labute approximate surface area is 637 Å². The van der Waals surface area contributed by atoms with Crippen LogP contribution in [-0.4, -0.2) is 6.71 Å². The van der Waals surface area contributed by atoms with Crippen molar-refractivity contribution in [3.8, 4) is 55.6 Å². The van der Waals surface area contributed by atoms with E-state index < -0.39 is 0 Å². The first-order valence-electron chi connectivity index (χ1n) is 38.7. The van der Waals surface area contributed by atoms with Gasteiger partial charge in [0.25, 0.3) is 6.71 Å². The first-order chi connectivity index (χ1) is 51.3. The van der Waals surface area contributed by atoms with Crippen LogP contribution in [0.25, 0.3) is 121 Å². The summed E-state index contributed by atoms with van der Waals surface area (Å²) in [6.45, 7) is 41.8. The summed E-state index contributed by atoms with van der Waals surface area (Å²) >= 11 is 0. The van der Waals surface area contributed by atoms with E-state index in [4.69, 9.17) is 13.3 Å². The van der Waals surface area contributed by atoms with Gasteiger partial charge in [-0.2, -0.15) is 0 Å². The predicted molar refractivity (Wildman–Crippen MR) is 462 cm³/mol. The molecule has 18 rings (SSSR count). The van der Waals surface area contributed by atoms with E-state index in [2.05, 4.69) is 383 Å². The molecule has 0 amide bonds. The Morgan fingerprint density at radius 2 is 0.602 bits per heavy atom. The zero-order chi connectivity index (χ0) is 75.2. The lowest BCUT2D eigenvalue weighted by molar-refractivity contribution is 0.568. The topological polar surface area (TPSA) is 45.9 Å². The zero-order valence-corrected chi connectivity index (χ0v) is 65.9. The molecule has 0 N–H and O–H groups in total. The lowest BCUT2D eigenvalue weighted by atomic mass is 9.33. The highest BCUT2D eigenvalue weighted by atomic mass is 16.3. The van der Waals surface area contributed by atoms with Crippen molar-refractivity contribution in [2.75, 3.05) is 9.80 Å². The highest BCUT2D eigenvalue weighted by Gasteiger charge is 2.47. The molecule has 534 valence electrons. The Bertz CT molecular complexity index is 5980. The summed E-state index contributed by atoms with van der Waals surface area (Å²) < 4.78 is 21.9. The molecule has 0 aliphatic carbocycles. The molecule has 0 unspecified atom stereocenters. The molecule has 13 aromatic carbocycles. The molecule has 0 atom stereocenters. The molecular formula is C102H95BN2O3. The molecule has 5 nitrogen and oxygen atoms in total. The summed E-state index contributed by atoms with van der Waals surface area (Å²) in [5.41, 5.74) is 32.8. The Kier molecular flexibility index (Phi) is 15.4. The third-order valence-electron chi connectivity index (χ3n) is 23.3. The van der Waals surface area contributed by atoms with Crippen LogP contribution in [0.1, 0.15) is 158 Å². The summed E-state index contributed by atoms with van der Waals surface area (Å²) in [4.78, 5) is 5.41. The van der Waals surface area contributed by atoms with Gasteiger partial charge < -0.3 is 23.1 Å². The largest absolute Gasteiger partial charge is 0.456 e. The Morgan fingerprint density at radius 1 is 0.250 bits per heavy atom. The van der Waals surface area contributed by atoms with Gasteiger partial charge in [-0.1, -0.05) is 313 Å². The number of rotatable bonds is 7. The van der Waals surface area contributed by atoms with E-state index in [1.165, 1.54) is 49.8 Å². The highest BCUT2D eigenvalue weighted by molar-refractivity contribution is 7.00. The van der Waals surface area contributed by atoms with Crippen molar-refractivity contribution in [3.63, 3.8) is 0 Å². The monoisotopic (exact) mass is 1410 g/mol. The van der Waals surface area contributed by atoms with E-state index in [0.717, 1.165) is 156 Å². The van der Waals surface area contributed by atoms with Crippen LogP contribution >= 0.6 is 0 Å². The van der Waals surface area contributed by atoms with Crippen molar-refractivity contribution in [3.05, 3.63) is 282 Å². The molecule has 0 spiro atoms. The second-order valence-electron chi connectivity index (χ2n) is 36.9. The molecule has 3 aromatic heterocycles. The number of hydrogen-bond donors (Lipinski definition) is 0. The number of hydrogen-bond acceptors (Lipinski definition) is 5. The maximum Gasteiger partial charge on any atom is 0.252 e. The van der Waals surface area contributed by atoms with Gasteiger partial charge in [-0.05, 0) is 176 Å². The van der Waals surface area contributed by atoms with Gasteiger partial charge in [0.1, 0.15) is 33.5 Å². The fourth-order valence-corrected chi connectivity index (χ4v) is 17.3. The number of benzene rings is 13. The van der Waals surface area contributed by atoms with Gasteiger partial charge in [0.2, 0.25) is 0 Å². The molecule has 0 fully saturated rings. The van der Waals surface area contributed by atoms with Gasteiger partial charge in [0.05, 0.1) is 22.1 Å². The third kappa shape index (κ3) is 11.2. The normalized spacial score (nSPS) is 13.6. The van der Waals surface area contributed by atoms with E-state index in [9.17, 15) is 0 Å². The molecule has 0 radical (unpaired) electrons. The van der Waals surface area contributed by atoms with Crippen molar-refractivity contribution >= 4 is 123 Å².